The van der Waals surface area contributed by atoms with Crippen LogP contribution >= 0.6 is 0 Å². The minimum atomic E-state index is -0.228. The number of unbranched alkanes of at least 4 members (excludes halogenated alkanes) is 1. The Morgan fingerprint density at radius 2 is 2.03 bits per heavy atom. The second-order valence-electron chi connectivity index (χ2n) is 7.90. The van der Waals surface area contributed by atoms with E-state index in [1.807, 2.05) is 12.3 Å². The maximum Gasteiger partial charge on any atom is 0.220 e. The van der Waals surface area contributed by atoms with Crippen LogP contribution in [-0.4, -0.2) is 61.5 Å². The first-order valence-electron chi connectivity index (χ1n) is 10.8. The van der Waals surface area contributed by atoms with Crippen LogP contribution in [0.15, 0.2) is 29.4 Å². The van der Waals surface area contributed by atoms with E-state index in [0.29, 0.717) is 0 Å². The van der Waals surface area contributed by atoms with E-state index in [9.17, 15) is 9.18 Å². The third-order valence-corrected chi connectivity index (χ3v) is 5.82. The van der Waals surface area contributed by atoms with Crippen molar-refractivity contribution in [2.24, 2.45) is 16.6 Å². The van der Waals surface area contributed by atoms with Crippen LogP contribution in [0.2, 0.25) is 0 Å². The summed E-state index contributed by atoms with van der Waals surface area (Å²) in [5.74, 6) is 0.469. The van der Waals surface area contributed by atoms with Crippen LogP contribution in [0.4, 0.5) is 4.39 Å². The van der Waals surface area contributed by atoms with Crippen molar-refractivity contribution in [1.82, 2.24) is 20.5 Å². The number of aliphatic imine (C=N–C) groups is 1. The Bertz CT molecular complexity index is 856. The van der Waals surface area contributed by atoms with Crippen LogP contribution in [0.3, 0.4) is 0 Å². The third kappa shape index (κ3) is 6.19. The van der Waals surface area contributed by atoms with Gasteiger partial charge in [-0.15, -0.1) is 0 Å². The Morgan fingerprint density at radius 3 is 2.77 bits per heavy atom. The summed E-state index contributed by atoms with van der Waals surface area (Å²) in [4.78, 5) is 21.0. The summed E-state index contributed by atoms with van der Waals surface area (Å²) in [6, 6.07) is 4.83. The second-order valence-corrected chi connectivity index (χ2v) is 7.90. The zero-order valence-corrected chi connectivity index (χ0v) is 17.7. The van der Waals surface area contributed by atoms with Gasteiger partial charge in [-0.25, -0.2) is 4.39 Å². The standard InChI is InChI=1S/C22H33FN6O/c1-25-22(26-9-2-3-11-29-12-7-16(8-13-29)21(24)30)27-10-6-17-15-28-20-14-18(23)4-5-19(17)20/h4-5,14-16,28H,2-3,6-13H2,1H3,(H2,24,30)(H2,25,26,27). The number of carbonyl (C=O) groups is 1. The highest BCUT2D eigenvalue weighted by molar-refractivity contribution is 5.83. The van der Waals surface area contributed by atoms with Gasteiger partial charge in [0.1, 0.15) is 5.82 Å². The van der Waals surface area contributed by atoms with Crippen LogP contribution in [0.1, 0.15) is 31.2 Å². The molecule has 1 aromatic heterocycles. The summed E-state index contributed by atoms with van der Waals surface area (Å²) in [6.07, 6.45) is 6.70. The van der Waals surface area contributed by atoms with Gasteiger partial charge in [0.25, 0.3) is 0 Å². The second kappa shape index (κ2) is 11.0. The number of nitrogens with one attached hydrogen (secondary N) is 3. The van der Waals surface area contributed by atoms with E-state index in [1.54, 1.807) is 7.05 Å². The minimum Gasteiger partial charge on any atom is -0.369 e. The molecular formula is C22H33FN6O. The van der Waals surface area contributed by atoms with Gasteiger partial charge in [-0.1, -0.05) is 0 Å². The van der Waals surface area contributed by atoms with Crippen molar-refractivity contribution in [1.29, 1.82) is 0 Å². The molecule has 2 heterocycles. The number of piperidine rings is 1. The van der Waals surface area contributed by atoms with E-state index in [-0.39, 0.29) is 17.6 Å². The van der Waals surface area contributed by atoms with Crippen LogP contribution in [0.5, 0.6) is 0 Å². The number of hydrogen-bond donors (Lipinski definition) is 4. The molecule has 3 rings (SSSR count). The number of benzene rings is 1. The first kappa shape index (κ1) is 22.1. The molecule has 0 aliphatic carbocycles. The quantitative estimate of drug-likeness (QED) is 0.285. The van der Waals surface area contributed by atoms with Gasteiger partial charge in [-0.05, 0) is 75.5 Å². The van der Waals surface area contributed by atoms with Crippen molar-refractivity contribution in [3.8, 4) is 0 Å². The molecule has 1 aromatic carbocycles. The summed E-state index contributed by atoms with van der Waals surface area (Å²) in [7, 11) is 1.77. The number of aromatic nitrogens is 1. The molecule has 164 valence electrons. The number of fused-ring (bicyclic) bond motifs is 1. The van der Waals surface area contributed by atoms with E-state index in [4.69, 9.17) is 5.73 Å². The van der Waals surface area contributed by atoms with E-state index >= 15 is 0 Å². The number of nitrogens with zero attached hydrogens (tertiary/aromatic N) is 2. The Kier molecular flexibility index (Phi) is 8.07. The van der Waals surface area contributed by atoms with Gasteiger partial charge in [0.05, 0.1) is 0 Å². The molecule has 2 aromatic rings. The van der Waals surface area contributed by atoms with Crippen molar-refractivity contribution in [3.63, 3.8) is 0 Å². The highest BCUT2D eigenvalue weighted by Gasteiger charge is 2.22. The van der Waals surface area contributed by atoms with E-state index in [0.717, 1.165) is 87.3 Å². The van der Waals surface area contributed by atoms with E-state index < -0.39 is 0 Å². The molecule has 8 heteroatoms. The van der Waals surface area contributed by atoms with Crippen LogP contribution in [0, 0.1) is 11.7 Å². The van der Waals surface area contributed by atoms with Crippen molar-refractivity contribution in [2.45, 2.75) is 32.1 Å². The number of rotatable bonds is 9. The number of carbonyl (C=O) groups excluding carboxylic acids is 1. The highest BCUT2D eigenvalue weighted by atomic mass is 19.1. The molecule has 5 N–H and O–H groups in total. The largest absolute Gasteiger partial charge is 0.369 e. The zero-order chi connectivity index (χ0) is 21.3. The Morgan fingerprint density at radius 1 is 1.27 bits per heavy atom. The molecule has 0 atom stereocenters. The molecule has 0 unspecified atom stereocenters. The van der Waals surface area contributed by atoms with Crippen LogP contribution < -0.4 is 16.4 Å². The van der Waals surface area contributed by atoms with E-state index in [2.05, 4.69) is 25.5 Å². The Balaban J connectivity index is 1.29. The summed E-state index contributed by atoms with van der Waals surface area (Å²) in [5, 5.41) is 7.75. The Labute approximate surface area is 177 Å². The number of primary amides is 1. The van der Waals surface area contributed by atoms with Crippen molar-refractivity contribution in [3.05, 3.63) is 35.8 Å². The number of guanidine groups is 1. The molecule has 1 amide bonds. The predicted molar refractivity (Wildman–Crippen MR) is 119 cm³/mol. The van der Waals surface area contributed by atoms with Crippen LogP contribution in [0.25, 0.3) is 10.9 Å². The lowest BCUT2D eigenvalue weighted by molar-refractivity contribution is -0.123. The number of halogens is 1. The summed E-state index contributed by atoms with van der Waals surface area (Å²) >= 11 is 0. The summed E-state index contributed by atoms with van der Waals surface area (Å²) in [5.41, 5.74) is 7.37. The lowest BCUT2D eigenvalue weighted by Gasteiger charge is -2.30. The molecule has 0 radical (unpaired) electrons. The zero-order valence-electron chi connectivity index (χ0n) is 17.7. The number of H-pyrrole nitrogens is 1. The van der Waals surface area contributed by atoms with Gasteiger partial charge in [-0.3, -0.25) is 9.79 Å². The number of aromatic amines is 1. The average Bonchev–Trinajstić information content (AvgIpc) is 3.14. The molecule has 1 aliphatic heterocycles. The first-order chi connectivity index (χ1) is 14.6. The van der Waals surface area contributed by atoms with Gasteiger partial charge in [0, 0.05) is 43.2 Å². The number of amides is 1. The van der Waals surface area contributed by atoms with Crippen molar-refractivity contribution in [2.75, 3.05) is 39.8 Å². The molecule has 1 aliphatic rings. The van der Waals surface area contributed by atoms with Gasteiger partial charge < -0.3 is 26.3 Å². The average molecular weight is 417 g/mol. The van der Waals surface area contributed by atoms with Gasteiger partial charge in [0.15, 0.2) is 5.96 Å². The smallest absolute Gasteiger partial charge is 0.220 e. The maximum absolute atomic E-state index is 13.3. The monoisotopic (exact) mass is 416 g/mol. The van der Waals surface area contributed by atoms with E-state index in [1.165, 1.54) is 12.1 Å². The number of likely N-dealkylation sites (tertiary alicyclic amines) is 1. The van der Waals surface area contributed by atoms with Crippen LogP contribution in [-0.2, 0) is 11.2 Å². The highest BCUT2D eigenvalue weighted by Crippen LogP contribution is 2.19. The fourth-order valence-corrected chi connectivity index (χ4v) is 4.01. The number of hydrogen-bond acceptors (Lipinski definition) is 3. The lowest BCUT2D eigenvalue weighted by atomic mass is 9.96. The van der Waals surface area contributed by atoms with Crippen molar-refractivity contribution < 1.29 is 9.18 Å². The number of nitrogens with two attached hydrogens (primary N) is 1. The summed E-state index contributed by atoms with van der Waals surface area (Å²) in [6.45, 7) is 4.60. The fraction of sp³-hybridized carbons (Fsp3) is 0.545. The molecule has 1 fully saturated rings. The third-order valence-electron chi connectivity index (χ3n) is 5.82. The minimum absolute atomic E-state index is 0.0581. The maximum atomic E-state index is 13.3. The molecule has 1 saturated heterocycles. The molecule has 7 nitrogen and oxygen atoms in total. The van der Waals surface area contributed by atoms with Crippen molar-refractivity contribution >= 4 is 22.8 Å². The van der Waals surface area contributed by atoms with Gasteiger partial charge in [0.2, 0.25) is 5.91 Å². The fourth-order valence-electron chi connectivity index (χ4n) is 4.01. The Hall–Kier alpha value is -2.61. The molecule has 0 spiro atoms. The first-order valence-corrected chi connectivity index (χ1v) is 10.8. The topological polar surface area (TPSA) is 98.5 Å². The molecule has 0 bridgehead atoms. The molecule has 30 heavy (non-hydrogen) atoms. The molecular weight excluding hydrogens is 383 g/mol. The molecule has 0 saturated carbocycles. The SMILES string of the molecule is CN=C(NCCCCN1CCC(C(N)=O)CC1)NCCc1c[nH]c2cc(F)ccc12. The summed E-state index contributed by atoms with van der Waals surface area (Å²) < 4.78 is 13.3. The normalized spacial score (nSPS) is 16.1. The van der Waals surface area contributed by atoms with Gasteiger partial charge in [-0.2, -0.15) is 0 Å². The predicted octanol–water partition coefficient (Wildman–Crippen LogP) is 1.99. The van der Waals surface area contributed by atoms with Gasteiger partial charge >= 0.3 is 0 Å². The lowest BCUT2D eigenvalue weighted by Crippen LogP contribution is -2.40.